The number of hydrogen-bond acceptors (Lipinski definition) is 3. The molecule has 5 heteroatoms. The highest BCUT2D eigenvalue weighted by molar-refractivity contribution is 6.03. The minimum atomic E-state index is -0.334. The van der Waals surface area contributed by atoms with Crippen LogP contribution in [0.25, 0.3) is 0 Å². The van der Waals surface area contributed by atoms with Gasteiger partial charge < -0.3 is 15.1 Å². The molecule has 0 aliphatic carbocycles. The molecule has 2 aromatic rings. The van der Waals surface area contributed by atoms with E-state index in [1.807, 2.05) is 55.5 Å². The molecule has 1 aliphatic heterocycles. The Balaban J connectivity index is 1.65. The van der Waals surface area contributed by atoms with Crippen LogP contribution < -0.4 is 15.1 Å². The zero-order valence-corrected chi connectivity index (χ0v) is 16.2. The maximum absolute atomic E-state index is 12.7. The van der Waals surface area contributed by atoms with Crippen LogP contribution in [-0.4, -0.2) is 31.4 Å². The lowest BCUT2D eigenvalue weighted by Crippen LogP contribution is -2.28. The number of aryl methyl sites for hydroxylation is 1. The van der Waals surface area contributed by atoms with Gasteiger partial charge in [0.15, 0.2) is 0 Å². The Labute approximate surface area is 161 Å². The van der Waals surface area contributed by atoms with E-state index in [0.29, 0.717) is 6.54 Å². The van der Waals surface area contributed by atoms with Gasteiger partial charge in [-0.3, -0.25) is 9.59 Å². The highest BCUT2D eigenvalue weighted by atomic mass is 16.2. The van der Waals surface area contributed by atoms with E-state index in [1.165, 1.54) is 0 Å². The van der Waals surface area contributed by atoms with Gasteiger partial charge in [-0.25, -0.2) is 0 Å². The molecule has 3 rings (SSSR count). The first kappa shape index (κ1) is 19.0. The fraction of sp³-hybridized carbons (Fsp3) is 0.364. The number of amides is 2. The van der Waals surface area contributed by atoms with Crippen molar-refractivity contribution in [2.24, 2.45) is 5.92 Å². The molecule has 5 nitrogen and oxygen atoms in total. The van der Waals surface area contributed by atoms with Crippen molar-refractivity contribution in [3.05, 3.63) is 54.1 Å². The zero-order chi connectivity index (χ0) is 19.4. The molecule has 1 saturated heterocycles. The van der Waals surface area contributed by atoms with Crippen molar-refractivity contribution < 1.29 is 9.59 Å². The van der Waals surface area contributed by atoms with Gasteiger partial charge in [0.25, 0.3) is 0 Å². The van der Waals surface area contributed by atoms with E-state index in [1.54, 1.807) is 4.90 Å². The van der Waals surface area contributed by atoms with Crippen molar-refractivity contribution in [2.75, 3.05) is 34.8 Å². The van der Waals surface area contributed by atoms with Crippen LogP contribution in [0.4, 0.5) is 17.1 Å². The fourth-order valence-electron chi connectivity index (χ4n) is 3.57. The Morgan fingerprint density at radius 2 is 1.78 bits per heavy atom. The number of carbonyl (C=O) groups excluding carboxylic acids is 2. The summed E-state index contributed by atoms with van der Waals surface area (Å²) >= 11 is 0. The summed E-state index contributed by atoms with van der Waals surface area (Å²) in [7, 11) is 0. The Morgan fingerprint density at radius 1 is 1.11 bits per heavy atom. The number of rotatable bonds is 6. The van der Waals surface area contributed by atoms with Crippen molar-refractivity contribution in [3.8, 4) is 0 Å². The summed E-state index contributed by atoms with van der Waals surface area (Å²) in [5, 5.41) is 2.96. The van der Waals surface area contributed by atoms with Crippen LogP contribution in [0.1, 0.15) is 25.8 Å². The van der Waals surface area contributed by atoms with E-state index in [2.05, 4.69) is 24.1 Å². The quantitative estimate of drug-likeness (QED) is 0.846. The maximum Gasteiger partial charge on any atom is 0.229 e. The van der Waals surface area contributed by atoms with Gasteiger partial charge in [0.2, 0.25) is 11.8 Å². The van der Waals surface area contributed by atoms with E-state index < -0.39 is 0 Å². The lowest BCUT2D eigenvalue weighted by molar-refractivity contribution is -0.122. The number of hydrogen-bond donors (Lipinski definition) is 1. The predicted molar refractivity (Wildman–Crippen MR) is 110 cm³/mol. The molecule has 0 bridgehead atoms. The third-order valence-corrected chi connectivity index (χ3v) is 5.17. The molecular formula is C22H27N3O2. The van der Waals surface area contributed by atoms with Crippen LogP contribution >= 0.6 is 0 Å². The topological polar surface area (TPSA) is 52.7 Å². The van der Waals surface area contributed by atoms with E-state index in [0.717, 1.165) is 35.7 Å². The Hall–Kier alpha value is -2.82. The third-order valence-electron chi connectivity index (χ3n) is 5.17. The van der Waals surface area contributed by atoms with Crippen molar-refractivity contribution in [1.29, 1.82) is 0 Å². The Morgan fingerprint density at radius 3 is 2.41 bits per heavy atom. The minimum Gasteiger partial charge on any atom is -0.372 e. The summed E-state index contributed by atoms with van der Waals surface area (Å²) < 4.78 is 0. The summed E-state index contributed by atoms with van der Waals surface area (Å²) in [6, 6.07) is 15.6. The second-order valence-corrected chi connectivity index (χ2v) is 6.90. The monoisotopic (exact) mass is 365 g/mol. The van der Waals surface area contributed by atoms with E-state index >= 15 is 0 Å². The standard InChI is InChI=1S/C22H27N3O2/c1-4-24(5-2)19-12-10-18(11-13-19)23-22(27)17-14-21(26)25(15-17)20-9-7-6-8-16(20)3/h6-13,17H,4-5,14-15H2,1-3H3,(H,23,27). The molecule has 1 heterocycles. The average Bonchev–Trinajstić information content (AvgIpc) is 3.06. The molecule has 1 N–H and O–H groups in total. The van der Waals surface area contributed by atoms with Crippen molar-refractivity contribution in [3.63, 3.8) is 0 Å². The number of anilines is 3. The highest BCUT2D eigenvalue weighted by Crippen LogP contribution is 2.28. The van der Waals surface area contributed by atoms with Crippen molar-refractivity contribution >= 4 is 28.9 Å². The predicted octanol–water partition coefficient (Wildman–Crippen LogP) is 3.83. The number of para-hydroxylation sites is 1. The number of nitrogens with zero attached hydrogens (tertiary/aromatic N) is 2. The molecule has 142 valence electrons. The molecule has 1 unspecified atom stereocenters. The molecule has 2 amide bonds. The van der Waals surface area contributed by atoms with Gasteiger partial charge in [-0.15, -0.1) is 0 Å². The molecule has 0 radical (unpaired) electrons. The Bertz CT molecular complexity index is 813. The fourth-order valence-corrected chi connectivity index (χ4v) is 3.57. The largest absolute Gasteiger partial charge is 0.372 e. The average molecular weight is 365 g/mol. The first-order valence-electron chi connectivity index (χ1n) is 9.55. The molecule has 0 spiro atoms. The van der Waals surface area contributed by atoms with Crippen LogP contribution in [0, 0.1) is 12.8 Å². The summed E-state index contributed by atoms with van der Waals surface area (Å²) in [5.41, 5.74) is 3.83. The van der Waals surface area contributed by atoms with Crippen LogP contribution in [0.2, 0.25) is 0 Å². The summed E-state index contributed by atoms with van der Waals surface area (Å²) in [5.74, 6) is -0.434. The first-order chi connectivity index (χ1) is 13.0. The summed E-state index contributed by atoms with van der Waals surface area (Å²) in [6.07, 6.45) is 0.248. The summed E-state index contributed by atoms with van der Waals surface area (Å²) in [6.45, 7) is 8.54. The number of carbonyl (C=O) groups is 2. The van der Waals surface area contributed by atoms with Gasteiger partial charge in [0.05, 0.1) is 5.92 Å². The SMILES string of the molecule is CCN(CC)c1ccc(NC(=O)C2CC(=O)N(c3ccccc3C)C2)cc1. The second kappa shape index (κ2) is 8.25. The smallest absolute Gasteiger partial charge is 0.229 e. The van der Waals surface area contributed by atoms with E-state index in [4.69, 9.17) is 0 Å². The molecule has 0 saturated carbocycles. The number of benzene rings is 2. The van der Waals surface area contributed by atoms with Crippen molar-refractivity contribution in [2.45, 2.75) is 27.2 Å². The molecular weight excluding hydrogens is 338 g/mol. The Kier molecular flexibility index (Phi) is 5.79. The van der Waals surface area contributed by atoms with E-state index in [9.17, 15) is 9.59 Å². The van der Waals surface area contributed by atoms with Gasteiger partial charge in [-0.1, -0.05) is 18.2 Å². The highest BCUT2D eigenvalue weighted by Gasteiger charge is 2.35. The van der Waals surface area contributed by atoms with Crippen LogP contribution in [0.3, 0.4) is 0 Å². The normalized spacial score (nSPS) is 16.5. The van der Waals surface area contributed by atoms with Crippen molar-refractivity contribution in [1.82, 2.24) is 0 Å². The molecule has 2 aromatic carbocycles. The van der Waals surface area contributed by atoms with Gasteiger partial charge in [0, 0.05) is 43.1 Å². The van der Waals surface area contributed by atoms with Crippen LogP contribution in [0.5, 0.6) is 0 Å². The van der Waals surface area contributed by atoms with E-state index in [-0.39, 0.29) is 24.2 Å². The van der Waals surface area contributed by atoms with Gasteiger partial charge in [-0.2, -0.15) is 0 Å². The molecule has 1 aliphatic rings. The molecule has 27 heavy (non-hydrogen) atoms. The van der Waals surface area contributed by atoms with Gasteiger partial charge >= 0.3 is 0 Å². The van der Waals surface area contributed by atoms with Crippen LogP contribution in [-0.2, 0) is 9.59 Å². The second-order valence-electron chi connectivity index (χ2n) is 6.90. The lowest BCUT2D eigenvalue weighted by Gasteiger charge is -2.21. The van der Waals surface area contributed by atoms with Crippen LogP contribution in [0.15, 0.2) is 48.5 Å². The lowest BCUT2D eigenvalue weighted by atomic mass is 10.1. The molecule has 1 atom stereocenters. The third kappa shape index (κ3) is 4.13. The van der Waals surface area contributed by atoms with Gasteiger partial charge in [0.1, 0.15) is 0 Å². The maximum atomic E-state index is 12.7. The molecule has 1 fully saturated rings. The van der Waals surface area contributed by atoms with Gasteiger partial charge in [-0.05, 0) is 56.7 Å². The number of nitrogens with one attached hydrogen (secondary N) is 1. The summed E-state index contributed by atoms with van der Waals surface area (Å²) in [4.78, 5) is 29.0. The molecule has 0 aromatic heterocycles. The first-order valence-corrected chi connectivity index (χ1v) is 9.55. The zero-order valence-electron chi connectivity index (χ0n) is 16.2. The minimum absolute atomic E-state index is 0.00123.